The third-order valence-corrected chi connectivity index (χ3v) is 5.69. The molecule has 1 amide bonds. The normalized spacial score (nSPS) is 13.8. The van der Waals surface area contributed by atoms with E-state index in [1.165, 1.54) is 6.33 Å². The number of thiophene rings is 1. The van der Waals surface area contributed by atoms with Crippen LogP contribution in [0.4, 0.5) is 5.82 Å². The molecule has 1 aliphatic heterocycles. The summed E-state index contributed by atoms with van der Waals surface area (Å²) in [5.74, 6) is 5.77. The van der Waals surface area contributed by atoms with E-state index in [0.29, 0.717) is 18.9 Å². The van der Waals surface area contributed by atoms with Gasteiger partial charge in [-0.05, 0) is 18.4 Å². The van der Waals surface area contributed by atoms with E-state index >= 15 is 0 Å². The van der Waals surface area contributed by atoms with Gasteiger partial charge in [-0.15, -0.1) is 11.3 Å². The summed E-state index contributed by atoms with van der Waals surface area (Å²) in [5.41, 5.74) is 2.04. The molecule has 0 radical (unpaired) electrons. The van der Waals surface area contributed by atoms with Crippen LogP contribution >= 0.6 is 11.3 Å². The SMILES string of the molecule is CC#CC(=O)N1Cc2sc3ncnc(NC(CO)c4ccccc4)c3c2C1. The Hall–Kier alpha value is -2.95. The van der Waals surface area contributed by atoms with Gasteiger partial charge in [0.05, 0.1) is 24.6 Å². The van der Waals surface area contributed by atoms with Crippen molar-refractivity contribution in [3.63, 3.8) is 0 Å². The maximum atomic E-state index is 12.1. The number of carbonyl (C=O) groups excluding carboxylic acids is 1. The summed E-state index contributed by atoms with van der Waals surface area (Å²) in [6, 6.07) is 9.48. The van der Waals surface area contributed by atoms with E-state index in [-0.39, 0.29) is 18.6 Å². The first-order chi connectivity index (χ1) is 13.2. The zero-order chi connectivity index (χ0) is 18.8. The van der Waals surface area contributed by atoms with Crippen LogP contribution in [0, 0.1) is 11.8 Å². The molecule has 27 heavy (non-hydrogen) atoms. The molecule has 136 valence electrons. The number of aromatic nitrogens is 2. The predicted molar refractivity (Wildman–Crippen MR) is 105 cm³/mol. The van der Waals surface area contributed by atoms with Gasteiger partial charge in [-0.25, -0.2) is 9.97 Å². The van der Waals surface area contributed by atoms with E-state index in [1.54, 1.807) is 23.2 Å². The highest BCUT2D eigenvalue weighted by atomic mass is 32.1. The third kappa shape index (κ3) is 3.25. The fraction of sp³-hybridized carbons (Fsp3) is 0.250. The summed E-state index contributed by atoms with van der Waals surface area (Å²) >= 11 is 1.57. The van der Waals surface area contributed by atoms with Gasteiger partial charge < -0.3 is 15.3 Å². The number of aliphatic hydroxyl groups is 1. The van der Waals surface area contributed by atoms with Crippen LogP contribution in [-0.2, 0) is 17.9 Å². The van der Waals surface area contributed by atoms with Crippen molar-refractivity contribution in [1.29, 1.82) is 0 Å². The van der Waals surface area contributed by atoms with Crippen LogP contribution in [0.15, 0.2) is 36.7 Å². The minimum Gasteiger partial charge on any atom is -0.394 e. The Kier molecular flexibility index (Phi) is 4.75. The standard InChI is InChI=1S/C20H18N4O2S/c1-2-6-17(26)24-9-14-16(10-24)27-20-18(14)19(21-12-22-20)23-15(11-25)13-7-4-3-5-8-13/h3-5,7-8,12,15,25H,9-11H2,1H3,(H,21,22,23). The molecule has 0 spiro atoms. The zero-order valence-corrected chi connectivity index (χ0v) is 15.6. The maximum absolute atomic E-state index is 12.1. The Morgan fingerprint density at radius 2 is 2.15 bits per heavy atom. The molecule has 3 aromatic rings. The van der Waals surface area contributed by atoms with Gasteiger partial charge in [0, 0.05) is 17.0 Å². The summed E-state index contributed by atoms with van der Waals surface area (Å²) in [4.78, 5) is 24.7. The summed E-state index contributed by atoms with van der Waals surface area (Å²) in [5, 5.41) is 14.1. The van der Waals surface area contributed by atoms with Crippen molar-refractivity contribution < 1.29 is 9.90 Å². The molecule has 1 aliphatic rings. The van der Waals surface area contributed by atoms with Gasteiger partial charge >= 0.3 is 0 Å². The van der Waals surface area contributed by atoms with Crippen LogP contribution in [0.5, 0.6) is 0 Å². The van der Waals surface area contributed by atoms with E-state index in [0.717, 1.165) is 26.2 Å². The molecule has 1 unspecified atom stereocenters. The van der Waals surface area contributed by atoms with E-state index in [4.69, 9.17) is 0 Å². The predicted octanol–water partition coefficient (Wildman–Crippen LogP) is 2.70. The number of rotatable bonds is 4. The van der Waals surface area contributed by atoms with Gasteiger partial charge in [0.25, 0.3) is 5.91 Å². The number of anilines is 1. The number of nitrogens with one attached hydrogen (secondary N) is 1. The second-order valence-electron chi connectivity index (χ2n) is 6.23. The molecule has 1 atom stereocenters. The number of aliphatic hydroxyl groups excluding tert-OH is 1. The molecular weight excluding hydrogens is 360 g/mol. The number of carbonyl (C=O) groups is 1. The Labute approximate surface area is 160 Å². The molecule has 0 bridgehead atoms. The Bertz CT molecular complexity index is 1050. The van der Waals surface area contributed by atoms with Crippen LogP contribution in [0.3, 0.4) is 0 Å². The van der Waals surface area contributed by atoms with Crippen molar-refractivity contribution in [1.82, 2.24) is 14.9 Å². The van der Waals surface area contributed by atoms with Crippen molar-refractivity contribution in [3.8, 4) is 11.8 Å². The van der Waals surface area contributed by atoms with Crippen molar-refractivity contribution in [2.75, 3.05) is 11.9 Å². The van der Waals surface area contributed by atoms with Crippen LogP contribution in [0.25, 0.3) is 10.2 Å². The first-order valence-corrected chi connectivity index (χ1v) is 9.42. The molecule has 7 heteroatoms. The summed E-state index contributed by atoms with van der Waals surface area (Å²) in [6.45, 7) is 2.65. The lowest BCUT2D eigenvalue weighted by Crippen LogP contribution is -2.23. The second-order valence-corrected chi connectivity index (χ2v) is 7.32. The molecule has 0 fully saturated rings. The van der Waals surface area contributed by atoms with Crippen LogP contribution in [-0.4, -0.2) is 32.5 Å². The monoisotopic (exact) mass is 378 g/mol. The molecule has 3 heterocycles. The molecular formula is C20H18N4O2S. The van der Waals surface area contributed by atoms with Crippen LogP contribution in [0.1, 0.15) is 29.0 Å². The molecule has 0 saturated heterocycles. The van der Waals surface area contributed by atoms with Gasteiger partial charge in [-0.2, -0.15) is 0 Å². The highest BCUT2D eigenvalue weighted by Gasteiger charge is 2.29. The van der Waals surface area contributed by atoms with E-state index in [9.17, 15) is 9.90 Å². The number of nitrogens with zero attached hydrogens (tertiary/aromatic N) is 3. The first-order valence-electron chi connectivity index (χ1n) is 8.60. The van der Waals surface area contributed by atoms with Gasteiger partial charge in [-0.3, -0.25) is 4.79 Å². The van der Waals surface area contributed by atoms with Gasteiger partial charge in [0.2, 0.25) is 0 Å². The van der Waals surface area contributed by atoms with Crippen molar-refractivity contribution in [3.05, 3.63) is 52.7 Å². The average molecular weight is 378 g/mol. The number of benzene rings is 1. The molecule has 1 aromatic carbocycles. The number of fused-ring (bicyclic) bond motifs is 3. The van der Waals surface area contributed by atoms with Crippen LogP contribution in [0.2, 0.25) is 0 Å². The molecule has 6 nitrogen and oxygen atoms in total. The zero-order valence-electron chi connectivity index (χ0n) is 14.8. The number of amides is 1. The quantitative estimate of drug-likeness (QED) is 0.683. The molecule has 0 aliphatic carbocycles. The summed E-state index contributed by atoms with van der Waals surface area (Å²) in [7, 11) is 0. The van der Waals surface area contributed by atoms with Crippen molar-refractivity contribution >= 4 is 33.3 Å². The fourth-order valence-corrected chi connectivity index (χ4v) is 4.44. The Morgan fingerprint density at radius 1 is 1.33 bits per heavy atom. The number of hydrogen-bond donors (Lipinski definition) is 2. The van der Waals surface area contributed by atoms with Crippen LogP contribution < -0.4 is 5.32 Å². The van der Waals surface area contributed by atoms with Gasteiger partial charge in [-0.1, -0.05) is 36.3 Å². The molecule has 2 aromatic heterocycles. The average Bonchev–Trinajstić information content (AvgIpc) is 3.25. The summed E-state index contributed by atoms with van der Waals surface area (Å²) in [6.07, 6.45) is 1.53. The third-order valence-electron chi connectivity index (χ3n) is 4.57. The van der Waals surface area contributed by atoms with E-state index < -0.39 is 0 Å². The smallest absolute Gasteiger partial charge is 0.299 e. The lowest BCUT2D eigenvalue weighted by molar-refractivity contribution is -0.125. The first kappa shape index (κ1) is 17.5. The van der Waals surface area contributed by atoms with Gasteiger partial charge in [0.1, 0.15) is 17.0 Å². The Balaban J connectivity index is 1.69. The lowest BCUT2D eigenvalue weighted by Gasteiger charge is -2.18. The second kappa shape index (κ2) is 7.35. The molecule has 0 saturated carbocycles. The number of hydrogen-bond acceptors (Lipinski definition) is 6. The van der Waals surface area contributed by atoms with Crippen molar-refractivity contribution in [2.45, 2.75) is 26.1 Å². The lowest BCUT2D eigenvalue weighted by atomic mass is 10.1. The molecule has 4 rings (SSSR count). The topological polar surface area (TPSA) is 78.4 Å². The Morgan fingerprint density at radius 3 is 2.89 bits per heavy atom. The minimum atomic E-state index is -0.273. The fourth-order valence-electron chi connectivity index (χ4n) is 3.28. The largest absolute Gasteiger partial charge is 0.394 e. The highest BCUT2D eigenvalue weighted by molar-refractivity contribution is 7.19. The maximum Gasteiger partial charge on any atom is 0.299 e. The highest BCUT2D eigenvalue weighted by Crippen LogP contribution is 2.40. The van der Waals surface area contributed by atoms with Gasteiger partial charge in [0.15, 0.2) is 0 Å². The molecule has 2 N–H and O–H groups in total. The van der Waals surface area contributed by atoms with E-state index in [2.05, 4.69) is 27.1 Å². The summed E-state index contributed by atoms with van der Waals surface area (Å²) < 4.78 is 0. The van der Waals surface area contributed by atoms with Crippen molar-refractivity contribution in [2.24, 2.45) is 0 Å². The van der Waals surface area contributed by atoms with E-state index in [1.807, 2.05) is 30.3 Å². The minimum absolute atomic E-state index is 0.0570.